The van der Waals surface area contributed by atoms with Gasteiger partial charge in [-0.25, -0.2) is 14.3 Å². The standard InChI is InChI=1S/C29H26N4O2/c1-18-12-28-30-15-20(16-32(28)31-18)19-13-21-10-11-22(14-19)33(21)29(34)35-17-27-25-8-4-2-6-23(25)24-7-3-5-9-26(24)27/h2-9,12-13,15-16,21-22,27H,10-11,14,17H2,1H3. The summed E-state index contributed by atoms with van der Waals surface area (Å²) in [5.74, 6) is 0.0789. The number of benzene rings is 2. The van der Waals surface area contributed by atoms with E-state index in [9.17, 15) is 4.79 Å². The molecule has 0 radical (unpaired) electrons. The topological polar surface area (TPSA) is 59.7 Å². The molecule has 174 valence electrons. The molecule has 6 heteroatoms. The van der Waals surface area contributed by atoms with Gasteiger partial charge in [-0.3, -0.25) is 4.90 Å². The summed E-state index contributed by atoms with van der Waals surface area (Å²) in [6, 6.07) is 19.1. The van der Waals surface area contributed by atoms with Crippen molar-refractivity contribution in [1.29, 1.82) is 0 Å². The van der Waals surface area contributed by atoms with Crippen LogP contribution in [0.25, 0.3) is 22.3 Å². The van der Waals surface area contributed by atoms with E-state index in [0.717, 1.165) is 36.2 Å². The number of aromatic nitrogens is 3. The van der Waals surface area contributed by atoms with Crippen molar-refractivity contribution in [3.8, 4) is 11.1 Å². The number of aryl methyl sites for hydroxylation is 1. The van der Waals surface area contributed by atoms with Crippen LogP contribution in [0.5, 0.6) is 0 Å². The largest absolute Gasteiger partial charge is 0.448 e. The minimum Gasteiger partial charge on any atom is -0.448 e. The smallest absolute Gasteiger partial charge is 0.410 e. The Morgan fingerprint density at radius 3 is 2.54 bits per heavy atom. The third-order valence-corrected chi connectivity index (χ3v) is 7.75. The van der Waals surface area contributed by atoms with Crippen LogP contribution in [-0.2, 0) is 4.74 Å². The Hall–Kier alpha value is -3.93. The average molecular weight is 463 g/mol. The lowest BCUT2D eigenvalue weighted by Crippen LogP contribution is -2.43. The molecule has 1 saturated heterocycles. The molecule has 2 unspecified atom stereocenters. The fraction of sp³-hybridized carbons (Fsp3) is 0.276. The van der Waals surface area contributed by atoms with Gasteiger partial charge in [0.05, 0.1) is 11.7 Å². The van der Waals surface area contributed by atoms with E-state index >= 15 is 0 Å². The SMILES string of the molecule is Cc1cc2ncc(C3=CC4CCC(C3)N4C(=O)OCC3c4ccccc4-c4ccccc43)cn2n1. The zero-order valence-corrected chi connectivity index (χ0v) is 19.6. The highest BCUT2D eigenvalue weighted by Crippen LogP contribution is 2.45. The zero-order chi connectivity index (χ0) is 23.5. The molecule has 0 spiro atoms. The molecule has 2 aromatic heterocycles. The van der Waals surface area contributed by atoms with Gasteiger partial charge in [0, 0.05) is 36.0 Å². The van der Waals surface area contributed by atoms with Crippen molar-refractivity contribution in [2.24, 2.45) is 0 Å². The summed E-state index contributed by atoms with van der Waals surface area (Å²) < 4.78 is 7.83. The summed E-state index contributed by atoms with van der Waals surface area (Å²) in [5, 5.41) is 4.50. The number of nitrogens with zero attached hydrogens (tertiary/aromatic N) is 4. The minimum atomic E-state index is -0.203. The van der Waals surface area contributed by atoms with Crippen LogP contribution in [0, 0.1) is 6.92 Å². The molecule has 1 amide bonds. The van der Waals surface area contributed by atoms with E-state index < -0.39 is 0 Å². The number of rotatable bonds is 3. The van der Waals surface area contributed by atoms with Crippen molar-refractivity contribution in [3.05, 3.63) is 95.5 Å². The van der Waals surface area contributed by atoms with Gasteiger partial charge in [0.25, 0.3) is 0 Å². The van der Waals surface area contributed by atoms with Gasteiger partial charge >= 0.3 is 6.09 Å². The van der Waals surface area contributed by atoms with Crippen LogP contribution in [0.1, 0.15) is 47.6 Å². The van der Waals surface area contributed by atoms with Crippen molar-refractivity contribution in [2.75, 3.05) is 6.61 Å². The first kappa shape index (κ1) is 20.4. The maximum Gasteiger partial charge on any atom is 0.410 e. The van der Waals surface area contributed by atoms with Crippen molar-refractivity contribution in [3.63, 3.8) is 0 Å². The highest BCUT2D eigenvalue weighted by molar-refractivity contribution is 5.79. The Morgan fingerprint density at radius 1 is 1.06 bits per heavy atom. The van der Waals surface area contributed by atoms with E-state index in [1.165, 1.54) is 27.8 Å². The van der Waals surface area contributed by atoms with E-state index in [0.29, 0.717) is 6.61 Å². The molecule has 0 N–H and O–H groups in total. The van der Waals surface area contributed by atoms with Crippen LogP contribution in [0.4, 0.5) is 4.79 Å². The Morgan fingerprint density at radius 2 is 1.80 bits per heavy atom. The molecule has 1 aliphatic carbocycles. The Balaban J connectivity index is 1.10. The van der Waals surface area contributed by atoms with E-state index in [1.807, 2.05) is 34.8 Å². The summed E-state index contributed by atoms with van der Waals surface area (Å²) in [5.41, 5.74) is 9.08. The first-order valence-corrected chi connectivity index (χ1v) is 12.3. The lowest BCUT2D eigenvalue weighted by Gasteiger charge is -2.33. The third-order valence-electron chi connectivity index (χ3n) is 7.75. The lowest BCUT2D eigenvalue weighted by molar-refractivity contribution is 0.0866. The molecule has 0 saturated carbocycles. The molecule has 2 bridgehead atoms. The quantitative estimate of drug-likeness (QED) is 0.397. The van der Waals surface area contributed by atoms with Crippen LogP contribution in [0.3, 0.4) is 0 Å². The van der Waals surface area contributed by atoms with Crippen molar-refractivity contribution in [2.45, 2.75) is 44.2 Å². The van der Waals surface area contributed by atoms with Gasteiger partial charge in [0.15, 0.2) is 5.65 Å². The third kappa shape index (κ3) is 3.27. The highest BCUT2D eigenvalue weighted by atomic mass is 16.6. The highest BCUT2D eigenvalue weighted by Gasteiger charge is 2.41. The maximum absolute atomic E-state index is 13.3. The van der Waals surface area contributed by atoms with Crippen LogP contribution in [-0.4, -0.2) is 44.3 Å². The molecule has 2 atom stereocenters. The van der Waals surface area contributed by atoms with Gasteiger partial charge in [0.1, 0.15) is 6.61 Å². The number of ether oxygens (including phenoxy) is 1. The summed E-state index contributed by atoms with van der Waals surface area (Å²) in [4.78, 5) is 19.8. The predicted molar refractivity (Wildman–Crippen MR) is 134 cm³/mol. The molecule has 35 heavy (non-hydrogen) atoms. The van der Waals surface area contributed by atoms with Gasteiger partial charge in [-0.2, -0.15) is 5.10 Å². The predicted octanol–water partition coefficient (Wildman–Crippen LogP) is 5.61. The number of carbonyl (C=O) groups is 1. The number of fused-ring (bicyclic) bond motifs is 6. The van der Waals surface area contributed by atoms with E-state index in [4.69, 9.17) is 4.74 Å². The second kappa shape index (κ2) is 7.80. The zero-order valence-electron chi connectivity index (χ0n) is 19.6. The Bertz CT molecular complexity index is 1460. The number of carbonyl (C=O) groups excluding carboxylic acids is 1. The van der Waals surface area contributed by atoms with Crippen molar-refractivity contribution < 1.29 is 9.53 Å². The molecule has 2 aliphatic heterocycles. The van der Waals surface area contributed by atoms with Gasteiger partial charge in [-0.15, -0.1) is 0 Å². The normalized spacial score (nSPS) is 20.6. The van der Waals surface area contributed by atoms with Crippen molar-refractivity contribution in [1.82, 2.24) is 19.5 Å². The van der Waals surface area contributed by atoms with Gasteiger partial charge in [0.2, 0.25) is 0 Å². The maximum atomic E-state index is 13.3. The molecular weight excluding hydrogens is 436 g/mol. The molecule has 6 nitrogen and oxygen atoms in total. The fourth-order valence-electron chi connectivity index (χ4n) is 6.16. The van der Waals surface area contributed by atoms with Crippen LogP contribution < -0.4 is 0 Å². The minimum absolute atomic E-state index is 0.0643. The second-order valence-electron chi connectivity index (χ2n) is 9.84. The van der Waals surface area contributed by atoms with E-state index in [-0.39, 0.29) is 24.1 Å². The summed E-state index contributed by atoms with van der Waals surface area (Å²) >= 11 is 0. The first-order chi connectivity index (χ1) is 17.2. The number of amides is 1. The molecule has 7 rings (SSSR count). The number of hydrogen-bond acceptors (Lipinski definition) is 4. The second-order valence-corrected chi connectivity index (χ2v) is 9.84. The molecular formula is C29H26N4O2. The number of hydrogen-bond donors (Lipinski definition) is 0. The van der Waals surface area contributed by atoms with Crippen molar-refractivity contribution >= 4 is 17.3 Å². The van der Waals surface area contributed by atoms with Crippen LogP contribution in [0.2, 0.25) is 0 Å². The molecule has 2 aromatic carbocycles. The van der Waals surface area contributed by atoms with Gasteiger partial charge in [-0.05, 0) is 54.0 Å². The van der Waals surface area contributed by atoms with Crippen LogP contribution in [0.15, 0.2) is 73.1 Å². The molecule has 1 fully saturated rings. The molecule has 4 aromatic rings. The summed E-state index contributed by atoms with van der Waals surface area (Å²) in [7, 11) is 0. The monoisotopic (exact) mass is 462 g/mol. The Kier molecular flexibility index (Phi) is 4.56. The summed E-state index contributed by atoms with van der Waals surface area (Å²) in [6.45, 7) is 2.33. The molecule has 4 heterocycles. The van der Waals surface area contributed by atoms with Gasteiger partial charge < -0.3 is 4.74 Å². The van der Waals surface area contributed by atoms with Crippen LogP contribution >= 0.6 is 0 Å². The average Bonchev–Trinajstić information content (AvgIpc) is 3.50. The first-order valence-electron chi connectivity index (χ1n) is 12.3. The fourth-order valence-corrected chi connectivity index (χ4v) is 6.16. The van der Waals surface area contributed by atoms with E-state index in [2.05, 4.69) is 64.7 Å². The van der Waals surface area contributed by atoms with E-state index in [1.54, 1.807) is 0 Å². The van der Waals surface area contributed by atoms with Gasteiger partial charge in [-0.1, -0.05) is 54.6 Å². The molecule has 3 aliphatic rings. The Labute approximate surface area is 203 Å². The summed E-state index contributed by atoms with van der Waals surface area (Å²) in [6.07, 6.45) is 8.76. The lowest BCUT2D eigenvalue weighted by atomic mass is 9.97.